The van der Waals surface area contributed by atoms with E-state index in [0.717, 1.165) is 35.6 Å². The van der Waals surface area contributed by atoms with Crippen LogP contribution in [0.25, 0.3) is 11.0 Å². The number of hydrogen-bond acceptors (Lipinski definition) is 4. The maximum Gasteiger partial charge on any atom is 0.136 e. The van der Waals surface area contributed by atoms with Crippen LogP contribution >= 0.6 is 0 Å². The van der Waals surface area contributed by atoms with E-state index in [1.165, 1.54) is 25.9 Å². The molecule has 3 rings (SSSR count). The maximum atomic E-state index is 6.03. The number of ether oxygens (including phenoxy) is 1. The summed E-state index contributed by atoms with van der Waals surface area (Å²) in [6.07, 6.45) is 2.64. The molecule has 1 aromatic heterocycles. The first-order valence-electron chi connectivity index (χ1n) is 7.24. The molecule has 2 heterocycles. The van der Waals surface area contributed by atoms with Gasteiger partial charge in [-0.2, -0.15) is 0 Å². The van der Waals surface area contributed by atoms with Crippen molar-refractivity contribution in [3.8, 4) is 0 Å². The molecule has 0 aliphatic carbocycles. The van der Waals surface area contributed by atoms with Gasteiger partial charge in [-0.15, -0.1) is 0 Å². The van der Waals surface area contributed by atoms with E-state index in [9.17, 15) is 0 Å². The molecule has 1 fully saturated rings. The van der Waals surface area contributed by atoms with Gasteiger partial charge in [0.05, 0.1) is 11.2 Å². The number of aromatic nitrogens is 2. The van der Waals surface area contributed by atoms with Crippen molar-refractivity contribution in [2.75, 3.05) is 32.5 Å². The van der Waals surface area contributed by atoms with Crippen LogP contribution in [0.4, 0.5) is 5.69 Å². The number of imidazole rings is 1. The van der Waals surface area contributed by atoms with Gasteiger partial charge in [0, 0.05) is 20.2 Å². The second kappa shape index (κ2) is 5.81. The molecule has 0 unspecified atom stereocenters. The molecule has 0 radical (unpaired) electrons. The lowest BCUT2D eigenvalue weighted by atomic mass is 10.3. The van der Waals surface area contributed by atoms with Gasteiger partial charge in [-0.1, -0.05) is 6.07 Å². The summed E-state index contributed by atoms with van der Waals surface area (Å²) in [6, 6.07) is 5.97. The summed E-state index contributed by atoms with van der Waals surface area (Å²) in [5.41, 5.74) is 8.76. The summed E-state index contributed by atoms with van der Waals surface area (Å²) in [7, 11) is 1.70. The van der Waals surface area contributed by atoms with Crippen molar-refractivity contribution >= 4 is 16.7 Å². The number of rotatable bonds is 5. The molecular formula is C15H22N4O. The van der Waals surface area contributed by atoms with Gasteiger partial charge in [-0.05, 0) is 38.1 Å². The molecule has 1 saturated heterocycles. The molecule has 2 N–H and O–H groups in total. The fraction of sp³-hybridized carbons (Fsp3) is 0.533. The first-order chi connectivity index (χ1) is 9.79. The number of nitrogens with zero attached hydrogens (tertiary/aromatic N) is 3. The summed E-state index contributed by atoms with van der Waals surface area (Å²) in [5, 5.41) is 0. The van der Waals surface area contributed by atoms with Crippen molar-refractivity contribution in [2.45, 2.75) is 26.0 Å². The fourth-order valence-electron chi connectivity index (χ4n) is 2.95. The Balaban J connectivity index is 1.89. The van der Waals surface area contributed by atoms with Crippen molar-refractivity contribution in [1.82, 2.24) is 14.5 Å². The van der Waals surface area contributed by atoms with Gasteiger partial charge in [0.15, 0.2) is 0 Å². The monoisotopic (exact) mass is 274 g/mol. The molecule has 1 aliphatic heterocycles. The Labute approximate surface area is 119 Å². The largest absolute Gasteiger partial charge is 0.397 e. The molecule has 1 aromatic carbocycles. The van der Waals surface area contributed by atoms with E-state index < -0.39 is 0 Å². The van der Waals surface area contributed by atoms with Crippen LogP contribution in [0.3, 0.4) is 0 Å². The summed E-state index contributed by atoms with van der Waals surface area (Å²) >= 11 is 0. The SMILES string of the molecule is COCc1nc2c(N)cccc2n1CCN1CCCC1. The number of nitrogen functional groups attached to an aromatic ring is 1. The molecule has 2 aromatic rings. The van der Waals surface area contributed by atoms with Crippen molar-refractivity contribution < 1.29 is 4.74 Å². The molecular weight excluding hydrogens is 252 g/mol. The topological polar surface area (TPSA) is 56.3 Å². The zero-order chi connectivity index (χ0) is 13.9. The first kappa shape index (κ1) is 13.4. The Morgan fingerprint density at radius 3 is 2.80 bits per heavy atom. The third-order valence-electron chi connectivity index (χ3n) is 4.00. The number of likely N-dealkylation sites (tertiary alicyclic amines) is 1. The summed E-state index contributed by atoms with van der Waals surface area (Å²) in [6.45, 7) is 4.96. The highest BCUT2D eigenvalue weighted by Crippen LogP contribution is 2.22. The van der Waals surface area contributed by atoms with Crippen LogP contribution in [0.5, 0.6) is 0 Å². The Hall–Kier alpha value is -1.59. The van der Waals surface area contributed by atoms with Gasteiger partial charge in [0.25, 0.3) is 0 Å². The lowest BCUT2D eigenvalue weighted by Crippen LogP contribution is -2.24. The minimum atomic E-state index is 0.522. The number of anilines is 1. The van der Waals surface area contributed by atoms with Crippen LogP contribution < -0.4 is 5.73 Å². The fourth-order valence-corrected chi connectivity index (χ4v) is 2.95. The normalized spacial score (nSPS) is 16.2. The number of nitrogens with two attached hydrogens (primary N) is 1. The Kier molecular flexibility index (Phi) is 3.89. The second-order valence-electron chi connectivity index (χ2n) is 5.38. The number of benzene rings is 1. The third kappa shape index (κ3) is 2.51. The van der Waals surface area contributed by atoms with Crippen molar-refractivity contribution in [3.05, 3.63) is 24.0 Å². The quantitative estimate of drug-likeness (QED) is 0.846. The van der Waals surface area contributed by atoms with E-state index in [1.54, 1.807) is 7.11 Å². The summed E-state index contributed by atoms with van der Waals surface area (Å²) < 4.78 is 7.52. The highest BCUT2D eigenvalue weighted by molar-refractivity contribution is 5.87. The average molecular weight is 274 g/mol. The zero-order valence-electron chi connectivity index (χ0n) is 12.0. The Morgan fingerprint density at radius 1 is 1.25 bits per heavy atom. The van der Waals surface area contributed by atoms with Crippen molar-refractivity contribution in [2.24, 2.45) is 0 Å². The number of hydrogen-bond donors (Lipinski definition) is 1. The molecule has 20 heavy (non-hydrogen) atoms. The van der Waals surface area contributed by atoms with Crippen LogP contribution in [0.15, 0.2) is 18.2 Å². The minimum absolute atomic E-state index is 0.522. The van der Waals surface area contributed by atoms with Crippen molar-refractivity contribution in [3.63, 3.8) is 0 Å². The molecule has 5 nitrogen and oxygen atoms in total. The van der Waals surface area contributed by atoms with Crippen LogP contribution in [0.1, 0.15) is 18.7 Å². The molecule has 0 spiro atoms. The van der Waals surface area contributed by atoms with Crippen LogP contribution in [-0.2, 0) is 17.9 Å². The molecule has 0 atom stereocenters. The number of para-hydroxylation sites is 1. The molecule has 0 saturated carbocycles. The lowest BCUT2D eigenvalue weighted by Gasteiger charge is -2.16. The zero-order valence-corrected chi connectivity index (χ0v) is 12.0. The van der Waals surface area contributed by atoms with Crippen LogP contribution in [0.2, 0.25) is 0 Å². The van der Waals surface area contributed by atoms with E-state index in [-0.39, 0.29) is 0 Å². The van der Waals surface area contributed by atoms with E-state index in [0.29, 0.717) is 6.61 Å². The van der Waals surface area contributed by atoms with E-state index >= 15 is 0 Å². The average Bonchev–Trinajstić information content (AvgIpc) is 3.05. The smallest absolute Gasteiger partial charge is 0.136 e. The van der Waals surface area contributed by atoms with Crippen LogP contribution in [-0.4, -0.2) is 41.2 Å². The molecule has 0 bridgehead atoms. The Morgan fingerprint density at radius 2 is 2.05 bits per heavy atom. The predicted molar refractivity (Wildman–Crippen MR) is 80.5 cm³/mol. The van der Waals surface area contributed by atoms with E-state index in [4.69, 9.17) is 10.5 Å². The van der Waals surface area contributed by atoms with E-state index in [1.807, 2.05) is 12.1 Å². The second-order valence-corrected chi connectivity index (χ2v) is 5.38. The van der Waals surface area contributed by atoms with Gasteiger partial charge in [0.2, 0.25) is 0 Å². The van der Waals surface area contributed by atoms with Gasteiger partial charge in [0.1, 0.15) is 17.9 Å². The summed E-state index contributed by atoms with van der Waals surface area (Å²) in [4.78, 5) is 7.15. The number of fused-ring (bicyclic) bond motifs is 1. The summed E-state index contributed by atoms with van der Waals surface area (Å²) in [5.74, 6) is 0.958. The lowest BCUT2D eigenvalue weighted by molar-refractivity contribution is 0.173. The van der Waals surface area contributed by atoms with Gasteiger partial charge < -0.3 is 19.9 Å². The molecule has 108 valence electrons. The minimum Gasteiger partial charge on any atom is -0.397 e. The standard InChI is InChI=1S/C15H22N4O/c1-20-11-14-17-15-12(16)5-4-6-13(15)19(14)10-9-18-7-2-3-8-18/h4-6H,2-3,7-11,16H2,1H3. The number of methoxy groups -OCH3 is 1. The van der Waals surface area contributed by atoms with Gasteiger partial charge in [-0.3, -0.25) is 0 Å². The van der Waals surface area contributed by atoms with Crippen molar-refractivity contribution in [1.29, 1.82) is 0 Å². The molecule has 5 heteroatoms. The van der Waals surface area contributed by atoms with Gasteiger partial charge in [-0.25, -0.2) is 4.98 Å². The Bertz CT molecular complexity index is 587. The van der Waals surface area contributed by atoms with Crippen LogP contribution in [0, 0.1) is 0 Å². The predicted octanol–water partition coefficient (Wildman–Crippen LogP) is 1.86. The maximum absolute atomic E-state index is 6.03. The highest BCUT2D eigenvalue weighted by Gasteiger charge is 2.15. The highest BCUT2D eigenvalue weighted by atomic mass is 16.5. The van der Waals surface area contributed by atoms with Gasteiger partial charge >= 0.3 is 0 Å². The third-order valence-corrected chi connectivity index (χ3v) is 4.00. The molecule has 0 amide bonds. The van der Waals surface area contributed by atoms with E-state index in [2.05, 4.69) is 20.5 Å². The first-order valence-corrected chi connectivity index (χ1v) is 7.24. The molecule has 1 aliphatic rings.